The number of carboxylic acids is 2. The molecule has 0 radical (unpaired) electrons. The van der Waals surface area contributed by atoms with Gasteiger partial charge >= 0.3 is 69.3 Å². The quantitative estimate of drug-likeness (QED) is 0.395. The maximum atomic E-state index is 12.0. The Morgan fingerprint density at radius 2 is 1.11 bits per heavy atom. The Morgan fingerprint density at radius 3 is 1.44 bits per heavy atom. The molecule has 9 heteroatoms. The van der Waals surface area contributed by atoms with E-state index < -0.39 is 36.1 Å². The van der Waals surface area contributed by atoms with Crippen molar-refractivity contribution in [2.45, 2.75) is 12.2 Å². The first kappa shape index (κ1) is 23.0. The van der Waals surface area contributed by atoms with Crippen molar-refractivity contribution >= 4 is 23.9 Å². The second-order valence-electron chi connectivity index (χ2n) is 5.04. The molecule has 8 nitrogen and oxygen atoms in total. The molecule has 2 atom stereocenters. The molecule has 2 aromatic rings. The van der Waals surface area contributed by atoms with Crippen LogP contribution in [0.15, 0.2) is 60.7 Å². The number of hydrogen-bond donors (Lipinski definition) is 1. The van der Waals surface area contributed by atoms with Gasteiger partial charge in [-0.1, -0.05) is 36.4 Å². The van der Waals surface area contributed by atoms with Gasteiger partial charge in [0.15, 0.2) is 6.10 Å². The van der Waals surface area contributed by atoms with Crippen LogP contribution >= 0.6 is 0 Å². The molecule has 0 spiro atoms. The van der Waals surface area contributed by atoms with E-state index in [1.165, 1.54) is 48.5 Å². The molecular formula is C18H13KO8. The van der Waals surface area contributed by atoms with E-state index in [2.05, 4.69) is 0 Å². The van der Waals surface area contributed by atoms with Crippen LogP contribution in [-0.4, -0.2) is 41.2 Å². The van der Waals surface area contributed by atoms with Crippen LogP contribution < -0.4 is 56.5 Å². The summed E-state index contributed by atoms with van der Waals surface area (Å²) in [5.41, 5.74) is 0.00232. The largest absolute Gasteiger partial charge is 1.00 e. The number of esters is 2. The van der Waals surface area contributed by atoms with E-state index >= 15 is 0 Å². The van der Waals surface area contributed by atoms with Gasteiger partial charge in [0.25, 0.3) is 0 Å². The molecule has 2 aromatic carbocycles. The fourth-order valence-electron chi connectivity index (χ4n) is 1.99. The van der Waals surface area contributed by atoms with Gasteiger partial charge in [-0.25, -0.2) is 14.4 Å². The Kier molecular flexibility index (Phi) is 9.33. The van der Waals surface area contributed by atoms with Gasteiger partial charge in [0, 0.05) is 0 Å². The second-order valence-corrected chi connectivity index (χ2v) is 5.04. The van der Waals surface area contributed by atoms with Gasteiger partial charge in [0.1, 0.15) is 0 Å². The van der Waals surface area contributed by atoms with Crippen LogP contribution in [0.4, 0.5) is 0 Å². The van der Waals surface area contributed by atoms with E-state index in [4.69, 9.17) is 9.47 Å². The number of ether oxygens (including phenoxy) is 2. The zero-order chi connectivity index (χ0) is 19.1. The first-order chi connectivity index (χ1) is 12.4. The predicted molar refractivity (Wildman–Crippen MR) is 83.9 cm³/mol. The number of carbonyl (C=O) groups excluding carboxylic acids is 3. The molecule has 27 heavy (non-hydrogen) atoms. The summed E-state index contributed by atoms with van der Waals surface area (Å²) in [6.07, 6.45) is -4.60. The fourth-order valence-corrected chi connectivity index (χ4v) is 1.99. The van der Waals surface area contributed by atoms with E-state index in [0.717, 1.165) is 0 Å². The van der Waals surface area contributed by atoms with Crippen LogP contribution in [0.5, 0.6) is 0 Å². The van der Waals surface area contributed by atoms with Crippen LogP contribution in [0, 0.1) is 0 Å². The molecule has 2 rings (SSSR count). The molecule has 0 unspecified atom stereocenters. The van der Waals surface area contributed by atoms with Crippen molar-refractivity contribution < 1.29 is 90.2 Å². The van der Waals surface area contributed by atoms with E-state index in [1.807, 2.05) is 0 Å². The summed E-state index contributed by atoms with van der Waals surface area (Å²) in [6.45, 7) is 0. The Bertz CT molecular complexity index is 737. The Hall–Kier alpha value is -2.04. The molecule has 134 valence electrons. The average molecular weight is 396 g/mol. The number of carbonyl (C=O) groups is 4. The molecule has 0 heterocycles. The minimum Gasteiger partial charge on any atom is -0.546 e. The van der Waals surface area contributed by atoms with Gasteiger partial charge in [-0.2, -0.15) is 0 Å². The number of aliphatic carboxylic acids is 2. The van der Waals surface area contributed by atoms with E-state index in [-0.39, 0.29) is 62.5 Å². The molecular weight excluding hydrogens is 383 g/mol. The van der Waals surface area contributed by atoms with Crippen LogP contribution in [0.25, 0.3) is 0 Å². The third kappa shape index (κ3) is 6.56. The summed E-state index contributed by atoms with van der Waals surface area (Å²) >= 11 is 0. The number of benzene rings is 2. The van der Waals surface area contributed by atoms with Gasteiger partial charge < -0.3 is 24.5 Å². The monoisotopic (exact) mass is 396 g/mol. The predicted octanol–water partition coefficient (Wildman–Crippen LogP) is -2.72. The number of rotatable bonds is 7. The summed E-state index contributed by atoms with van der Waals surface area (Å²) in [5.74, 6) is -5.99. The summed E-state index contributed by atoms with van der Waals surface area (Å²) in [6, 6.07) is 14.7. The van der Waals surface area contributed by atoms with Crippen molar-refractivity contribution in [1.82, 2.24) is 0 Å². The van der Waals surface area contributed by atoms with Crippen LogP contribution in [0.1, 0.15) is 20.7 Å². The van der Waals surface area contributed by atoms with Crippen LogP contribution in [-0.2, 0) is 19.1 Å². The van der Waals surface area contributed by atoms with Crippen molar-refractivity contribution in [3.63, 3.8) is 0 Å². The molecule has 1 N–H and O–H groups in total. The number of hydrogen-bond acceptors (Lipinski definition) is 7. The number of carboxylic acid groups (broad SMARTS) is 2. The van der Waals surface area contributed by atoms with Crippen molar-refractivity contribution in [3.8, 4) is 0 Å². The van der Waals surface area contributed by atoms with Crippen LogP contribution in [0.3, 0.4) is 0 Å². The SMILES string of the molecule is O=C(O[C@H](C(=O)[O-])[C@H](OC(=O)c1ccccc1)C(=O)O)c1ccccc1.[K+]. The molecule has 0 aliphatic carbocycles. The Balaban J connectivity index is 0.00000364. The van der Waals surface area contributed by atoms with Gasteiger partial charge in [-0.05, 0) is 24.3 Å². The molecule has 0 aliphatic heterocycles. The van der Waals surface area contributed by atoms with E-state index in [9.17, 15) is 29.4 Å². The van der Waals surface area contributed by atoms with Gasteiger partial charge in [-0.3, -0.25) is 0 Å². The molecule has 0 amide bonds. The zero-order valence-corrected chi connectivity index (χ0v) is 17.4. The molecule has 0 bridgehead atoms. The maximum Gasteiger partial charge on any atom is 1.00 e. The normalized spacial score (nSPS) is 12.0. The molecule has 0 fully saturated rings. The summed E-state index contributed by atoms with van der Waals surface area (Å²) in [7, 11) is 0. The van der Waals surface area contributed by atoms with Crippen molar-refractivity contribution in [2.24, 2.45) is 0 Å². The van der Waals surface area contributed by atoms with Crippen molar-refractivity contribution in [2.75, 3.05) is 0 Å². The van der Waals surface area contributed by atoms with E-state index in [0.29, 0.717) is 0 Å². The Morgan fingerprint density at radius 1 is 0.741 bits per heavy atom. The smallest absolute Gasteiger partial charge is 0.546 e. The van der Waals surface area contributed by atoms with Crippen molar-refractivity contribution in [3.05, 3.63) is 71.8 Å². The first-order valence-electron chi connectivity index (χ1n) is 7.36. The Labute approximate surface area is 196 Å². The second kappa shape index (κ2) is 10.9. The molecule has 0 aliphatic rings. The third-order valence-electron chi connectivity index (χ3n) is 3.24. The summed E-state index contributed by atoms with van der Waals surface area (Å²) in [5, 5.41) is 20.5. The average Bonchev–Trinajstić information content (AvgIpc) is 2.65. The zero-order valence-electron chi connectivity index (χ0n) is 14.2. The van der Waals surface area contributed by atoms with Gasteiger partial charge in [-0.15, -0.1) is 0 Å². The standard InChI is InChI=1S/C18H14O8.K/c19-15(20)13(25-17(23)11-7-3-1-4-8-11)14(16(21)22)26-18(24)12-9-5-2-6-10-12;/h1-10,13-14H,(H,19,20)(H,21,22);/q;+1/p-1/t13-,14-;/m0./s1. The molecule has 0 saturated carbocycles. The minimum absolute atomic E-state index is 0. The summed E-state index contributed by atoms with van der Waals surface area (Å²) < 4.78 is 9.42. The molecule has 0 aromatic heterocycles. The van der Waals surface area contributed by atoms with E-state index in [1.54, 1.807) is 12.1 Å². The minimum atomic E-state index is -2.33. The summed E-state index contributed by atoms with van der Waals surface area (Å²) in [4.78, 5) is 46.7. The molecule has 0 saturated heterocycles. The van der Waals surface area contributed by atoms with Gasteiger partial charge in [0.2, 0.25) is 6.10 Å². The third-order valence-corrected chi connectivity index (χ3v) is 3.24. The topological polar surface area (TPSA) is 130 Å². The van der Waals surface area contributed by atoms with Crippen molar-refractivity contribution in [1.29, 1.82) is 0 Å². The maximum absolute atomic E-state index is 12.0. The van der Waals surface area contributed by atoms with Crippen LogP contribution in [0.2, 0.25) is 0 Å². The fraction of sp³-hybridized carbons (Fsp3) is 0.111. The first-order valence-corrected chi connectivity index (χ1v) is 7.36. The van der Waals surface area contributed by atoms with Gasteiger partial charge in [0.05, 0.1) is 17.1 Å².